The van der Waals surface area contributed by atoms with Crippen LogP contribution in [0.1, 0.15) is 52.6 Å². The van der Waals surface area contributed by atoms with E-state index in [-0.39, 0.29) is 33.8 Å². The summed E-state index contributed by atoms with van der Waals surface area (Å²) in [4.78, 5) is 50.4. The lowest BCUT2D eigenvalue weighted by molar-refractivity contribution is -0.255. The zero-order valence-electron chi connectivity index (χ0n) is 16.8. The smallest absolute Gasteiger partial charge is 0.266 e. The van der Waals surface area contributed by atoms with Crippen molar-refractivity contribution in [1.29, 1.82) is 0 Å². The Hall–Kier alpha value is -4.26. The van der Waals surface area contributed by atoms with E-state index in [4.69, 9.17) is 0 Å². The molecule has 1 N–H and O–H groups in total. The average Bonchev–Trinajstić information content (AvgIpc) is 3.01. The van der Waals surface area contributed by atoms with E-state index in [1.807, 2.05) is 26.0 Å². The number of carboxylic acids is 1. The van der Waals surface area contributed by atoms with Crippen molar-refractivity contribution >= 4 is 35.1 Å². The van der Waals surface area contributed by atoms with Crippen molar-refractivity contribution in [2.75, 3.05) is 10.2 Å². The number of rotatable bonds is 4. The summed E-state index contributed by atoms with van der Waals surface area (Å²) in [6.45, 7) is 3.85. The second-order valence-corrected chi connectivity index (χ2v) is 7.25. The van der Waals surface area contributed by atoms with Crippen molar-refractivity contribution in [2.24, 2.45) is 0 Å². The van der Waals surface area contributed by atoms with Gasteiger partial charge in [-0.15, -0.1) is 0 Å². The van der Waals surface area contributed by atoms with Crippen LogP contribution in [0.3, 0.4) is 0 Å². The van der Waals surface area contributed by atoms with Gasteiger partial charge in [0.05, 0.1) is 22.8 Å². The van der Waals surface area contributed by atoms with Crippen molar-refractivity contribution in [3.8, 4) is 0 Å². The number of hydrogen-bond donors (Lipinski definition) is 1. The normalized spacial score (nSPS) is 12.6. The van der Waals surface area contributed by atoms with Crippen molar-refractivity contribution in [3.05, 3.63) is 94.0 Å². The molecule has 0 radical (unpaired) electrons. The molecule has 3 aromatic carbocycles. The molecule has 0 unspecified atom stereocenters. The highest BCUT2D eigenvalue weighted by Crippen LogP contribution is 2.30. The minimum Gasteiger partial charge on any atom is -0.545 e. The van der Waals surface area contributed by atoms with Gasteiger partial charge in [0.25, 0.3) is 17.7 Å². The molecular formula is C24H17N2O5-. The number of fused-ring (bicyclic) bond motifs is 1. The van der Waals surface area contributed by atoms with E-state index in [9.17, 15) is 24.3 Å². The number of hydrogen-bond acceptors (Lipinski definition) is 5. The largest absolute Gasteiger partial charge is 0.545 e. The molecule has 31 heavy (non-hydrogen) atoms. The summed E-state index contributed by atoms with van der Waals surface area (Å²) in [5.41, 5.74) is 3.02. The van der Waals surface area contributed by atoms with E-state index in [2.05, 4.69) is 5.32 Å². The first-order chi connectivity index (χ1) is 14.8. The molecule has 0 fully saturated rings. The number of carboxylic acid groups (broad SMARTS) is 1. The first-order valence-corrected chi connectivity index (χ1v) is 9.49. The molecule has 0 bridgehead atoms. The van der Waals surface area contributed by atoms with Gasteiger partial charge in [0.1, 0.15) is 0 Å². The summed E-state index contributed by atoms with van der Waals surface area (Å²) in [6.07, 6.45) is 0. The van der Waals surface area contributed by atoms with Crippen LogP contribution in [0, 0.1) is 13.8 Å². The molecule has 0 aromatic heterocycles. The van der Waals surface area contributed by atoms with Crippen LogP contribution in [0.25, 0.3) is 0 Å². The topological polar surface area (TPSA) is 107 Å². The van der Waals surface area contributed by atoms with Crippen LogP contribution in [-0.4, -0.2) is 23.7 Å². The van der Waals surface area contributed by atoms with Gasteiger partial charge in [-0.1, -0.05) is 24.3 Å². The van der Waals surface area contributed by atoms with Crippen LogP contribution >= 0.6 is 0 Å². The molecule has 0 saturated carbocycles. The SMILES string of the molecule is Cc1cccc(NC(=O)c2cccc(N3C(=O)c4ccc(C(=O)[O-])cc4C3=O)c2)c1C. The summed E-state index contributed by atoms with van der Waals surface area (Å²) >= 11 is 0. The molecule has 1 aliphatic rings. The van der Waals surface area contributed by atoms with E-state index >= 15 is 0 Å². The first kappa shape index (κ1) is 20.0. The van der Waals surface area contributed by atoms with Crippen LogP contribution < -0.4 is 15.3 Å². The van der Waals surface area contributed by atoms with Crippen molar-refractivity contribution < 1.29 is 24.3 Å². The van der Waals surface area contributed by atoms with Gasteiger partial charge in [-0.3, -0.25) is 14.4 Å². The van der Waals surface area contributed by atoms with Crippen LogP contribution in [0.15, 0.2) is 60.7 Å². The van der Waals surface area contributed by atoms with Crippen molar-refractivity contribution in [3.63, 3.8) is 0 Å². The van der Waals surface area contributed by atoms with Crippen molar-refractivity contribution in [2.45, 2.75) is 13.8 Å². The zero-order valence-corrected chi connectivity index (χ0v) is 16.8. The third-order valence-electron chi connectivity index (χ3n) is 5.34. The quantitative estimate of drug-likeness (QED) is 0.662. The fourth-order valence-corrected chi connectivity index (χ4v) is 3.47. The highest BCUT2D eigenvalue weighted by atomic mass is 16.4. The van der Waals surface area contributed by atoms with Crippen LogP contribution in [0.4, 0.5) is 11.4 Å². The number of carbonyl (C=O) groups excluding carboxylic acids is 4. The van der Waals surface area contributed by atoms with E-state index in [0.29, 0.717) is 5.69 Å². The monoisotopic (exact) mass is 413 g/mol. The molecule has 3 amide bonds. The van der Waals surface area contributed by atoms with Gasteiger partial charge in [0.2, 0.25) is 0 Å². The average molecular weight is 413 g/mol. The molecule has 7 heteroatoms. The van der Waals surface area contributed by atoms with E-state index in [1.54, 1.807) is 18.2 Å². The van der Waals surface area contributed by atoms with Gasteiger partial charge in [-0.25, -0.2) is 4.90 Å². The standard InChI is InChI=1S/C24H18N2O5/c1-13-5-3-8-20(14(13)2)25-21(27)15-6-4-7-17(11-15)26-22(28)18-10-9-16(24(30)31)12-19(18)23(26)29/h3-12H,1-2H3,(H,25,27)(H,30,31)/p-1. The Morgan fingerprint density at radius 2 is 1.55 bits per heavy atom. The van der Waals surface area contributed by atoms with Crippen LogP contribution in [-0.2, 0) is 0 Å². The van der Waals surface area contributed by atoms with Crippen LogP contribution in [0.2, 0.25) is 0 Å². The van der Waals surface area contributed by atoms with Gasteiger partial charge in [0.15, 0.2) is 0 Å². The maximum Gasteiger partial charge on any atom is 0.266 e. The fraction of sp³-hybridized carbons (Fsp3) is 0.0833. The van der Waals surface area contributed by atoms with Gasteiger partial charge in [-0.05, 0) is 66.9 Å². The Morgan fingerprint density at radius 1 is 0.839 bits per heavy atom. The second-order valence-electron chi connectivity index (χ2n) is 7.25. The Morgan fingerprint density at radius 3 is 2.29 bits per heavy atom. The predicted molar refractivity (Wildman–Crippen MR) is 112 cm³/mol. The number of anilines is 2. The lowest BCUT2D eigenvalue weighted by atomic mass is 10.1. The number of nitrogens with zero attached hydrogens (tertiary/aromatic N) is 1. The highest BCUT2D eigenvalue weighted by molar-refractivity contribution is 6.34. The van der Waals surface area contributed by atoms with Crippen LogP contribution in [0.5, 0.6) is 0 Å². The molecule has 1 aliphatic heterocycles. The third-order valence-corrected chi connectivity index (χ3v) is 5.34. The summed E-state index contributed by atoms with van der Waals surface area (Å²) in [7, 11) is 0. The number of imide groups is 1. The summed E-state index contributed by atoms with van der Waals surface area (Å²) in [6, 6.07) is 15.4. The molecule has 4 rings (SSSR count). The number of carbonyl (C=O) groups is 4. The van der Waals surface area contributed by atoms with Gasteiger partial charge < -0.3 is 15.2 Å². The number of amides is 3. The van der Waals surface area contributed by atoms with Crippen molar-refractivity contribution in [1.82, 2.24) is 0 Å². The molecule has 0 atom stereocenters. The maximum absolute atomic E-state index is 12.8. The van der Waals surface area contributed by atoms with E-state index < -0.39 is 17.8 Å². The Kier molecular flexibility index (Phi) is 4.87. The maximum atomic E-state index is 12.8. The molecule has 0 aliphatic carbocycles. The Labute approximate surface area is 177 Å². The van der Waals surface area contributed by atoms with E-state index in [1.165, 1.54) is 24.3 Å². The third kappa shape index (κ3) is 3.46. The Bertz CT molecular complexity index is 1280. The molecule has 3 aromatic rings. The van der Waals surface area contributed by atoms with Gasteiger partial charge >= 0.3 is 0 Å². The molecule has 0 spiro atoms. The number of aryl methyl sites for hydroxylation is 1. The number of benzene rings is 3. The Balaban J connectivity index is 1.64. The van der Waals surface area contributed by atoms with E-state index in [0.717, 1.165) is 22.1 Å². The molecule has 7 nitrogen and oxygen atoms in total. The summed E-state index contributed by atoms with van der Waals surface area (Å²) in [5, 5.41) is 13.9. The molecule has 1 heterocycles. The predicted octanol–water partition coefficient (Wildman–Crippen LogP) is 2.72. The first-order valence-electron chi connectivity index (χ1n) is 9.49. The fourth-order valence-electron chi connectivity index (χ4n) is 3.47. The lowest BCUT2D eigenvalue weighted by Crippen LogP contribution is -2.29. The molecular weight excluding hydrogens is 396 g/mol. The second kappa shape index (κ2) is 7.53. The number of aromatic carboxylic acids is 1. The molecule has 154 valence electrons. The lowest BCUT2D eigenvalue weighted by Gasteiger charge is -2.15. The summed E-state index contributed by atoms with van der Waals surface area (Å²) in [5.74, 6) is -3.06. The molecule has 0 saturated heterocycles. The summed E-state index contributed by atoms with van der Waals surface area (Å²) < 4.78 is 0. The minimum absolute atomic E-state index is 0.0167. The minimum atomic E-state index is -1.44. The van der Waals surface area contributed by atoms with Gasteiger partial charge in [0, 0.05) is 11.3 Å². The number of nitrogens with one attached hydrogen (secondary N) is 1. The zero-order chi connectivity index (χ0) is 22.3. The van der Waals surface area contributed by atoms with Gasteiger partial charge in [-0.2, -0.15) is 0 Å². The highest BCUT2D eigenvalue weighted by Gasteiger charge is 2.37.